The Labute approximate surface area is 89.6 Å². The monoisotopic (exact) mass is 201 g/mol. The van der Waals surface area contributed by atoms with Crippen molar-refractivity contribution in [2.24, 2.45) is 5.73 Å². The second-order valence-corrected chi connectivity index (χ2v) is 3.64. The molecule has 0 fully saturated rings. The van der Waals surface area contributed by atoms with Crippen molar-refractivity contribution in [1.82, 2.24) is 9.55 Å². The number of aromatic nitrogens is 2. The molecule has 1 heterocycles. The summed E-state index contributed by atoms with van der Waals surface area (Å²) in [5.74, 6) is 0.904. The minimum atomic E-state index is 0.460. The first-order valence-electron chi connectivity index (χ1n) is 5.03. The SMILES string of the molecule is Cc1ccccc1-n1c(C)cnc1CN. The van der Waals surface area contributed by atoms with E-state index in [0.29, 0.717) is 6.54 Å². The van der Waals surface area contributed by atoms with Crippen molar-refractivity contribution in [3.8, 4) is 5.69 Å². The van der Waals surface area contributed by atoms with Gasteiger partial charge in [-0.05, 0) is 25.5 Å². The Morgan fingerprint density at radius 3 is 2.67 bits per heavy atom. The molecule has 0 atom stereocenters. The van der Waals surface area contributed by atoms with Crippen molar-refractivity contribution in [3.05, 3.63) is 47.5 Å². The second-order valence-electron chi connectivity index (χ2n) is 3.64. The van der Waals surface area contributed by atoms with E-state index in [4.69, 9.17) is 5.73 Å². The number of aryl methyl sites for hydroxylation is 2. The molecule has 2 N–H and O–H groups in total. The number of para-hydroxylation sites is 1. The number of nitrogens with two attached hydrogens (primary N) is 1. The quantitative estimate of drug-likeness (QED) is 0.807. The molecule has 1 aromatic carbocycles. The predicted octanol–water partition coefficient (Wildman–Crippen LogP) is 1.95. The molecule has 0 aliphatic carbocycles. The summed E-state index contributed by atoms with van der Waals surface area (Å²) in [5.41, 5.74) is 9.17. The van der Waals surface area contributed by atoms with E-state index >= 15 is 0 Å². The van der Waals surface area contributed by atoms with Crippen LogP contribution in [0.4, 0.5) is 0 Å². The second kappa shape index (κ2) is 3.87. The molecule has 0 amide bonds. The Morgan fingerprint density at radius 2 is 2.00 bits per heavy atom. The largest absolute Gasteiger partial charge is 0.324 e. The number of hydrogen-bond acceptors (Lipinski definition) is 2. The minimum absolute atomic E-state index is 0.460. The Morgan fingerprint density at radius 1 is 1.27 bits per heavy atom. The molecule has 0 saturated heterocycles. The summed E-state index contributed by atoms with van der Waals surface area (Å²) < 4.78 is 2.11. The van der Waals surface area contributed by atoms with E-state index in [-0.39, 0.29) is 0 Å². The molecule has 0 saturated carbocycles. The van der Waals surface area contributed by atoms with Gasteiger partial charge < -0.3 is 5.73 Å². The summed E-state index contributed by atoms with van der Waals surface area (Å²) in [6, 6.07) is 8.24. The first-order chi connectivity index (χ1) is 7.24. The Balaban J connectivity index is 2.63. The van der Waals surface area contributed by atoms with E-state index in [1.165, 1.54) is 5.56 Å². The molecule has 2 rings (SSSR count). The summed E-state index contributed by atoms with van der Waals surface area (Å²) in [7, 11) is 0. The van der Waals surface area contributed by atoms with Crippen molar-refractivity contribution in [3.63, 3.8) is 0 Å². The molecular formula is C12H15N3. The summed E-state index contributed by atoms with van der Waals surface area (Å²) in [6.45, 7) is 4.59. The molecule has 0 radical (unpaired) electrons. The molecular weight excluding hydrogens is 186 g/mol. The highest BCUT2D eigenvalue weighted by molar-refractivity contribution is 5.42. The van der Waals surface area contributed by atoms with Crippen LogP contribution in [-0.4, -0.2) is 9.55 Å². The van der Waals surface area contributed by atoms with E-state index in [0.717, 1.165) is 17.2 Å². The Kier molecular flexibility index (Phi) is 2.56. The zero-order chi connectivity index (χ0) is 10.8. The van der Waals surface area contributed by atoms with Crippen LogP contribution in [0.5, 0.6) is 0 Å². The third-order valence-electron chi connectivity index (χ3n) is 2.55. The normalized spacial score (nSPS) is 10.6. The lowest BCUT2D eigenvalue weighted by molar-refractivity contribution is 0.847. The van der Waals surface area contributed by atoms with Crippen molar-refractivity contribution in [2.45, 2.75) is 20.4 Å². The zero-order valence-electron chi connectivity index (χ0n) is 9.07. The third kappa shape index (κ3) is 1.66. The summed E-state index contributed by atoms with van der Waals surface area (Å²) >= 11 is 0. The number of imidazole rings is 1. The van der Waals surface area contributed by atoms with Gasteiger partial charge in [-0.25, -0.2) is 4.98 Å². The molecule has 0 bridgehead atoms. The molecule has 0 aliphatic heterocycles. The van der Waals surface area contributed by atoms with E-state index in [9.17, 15) is 0 Å². The molecule has 78 valence electrons. The van der Waals surface area contributed by atoms with E-state index < -0.39 is 0 Å². The van der Waals surface area contributed by atoms with Gasteiger partial charge in [0.25, 0.3) is 0 Å². The minimum Gasteiger partial charge on any atom is -0.324 e. The lowest BCUT2D eigenvalue weighted by Gasteiger charge is -2.11. The molecule has 15 heavy (non-hydrogen) atoms. The predicted molar refractivity (Wildman–Crippen MR) is 60.9 cm³/mol. The van der Waals surface area contributed by atoms with E-state index in [2.05, 4.69) is 28.6 Å². The van der Waals surface area contributed by atoms with Crippen LogP contribution in [0, 0.1) is 13.8 Å². The number of rotatable bonds is 2. The molecule has 0 unspecified atom stereocenters. The Bertz CT molecular complexity index is 471. The van der Waals surface area contributed by atoms with Crippen molar-refractivity contribution >= 4 is 0 Å². The van der Waals surface area contributed by atoms with Crippen LogP contribution in [0.15, 0.2) is 30.5 Å². The van der Waals surface area contributed by atoms with Gasteiger partial charge in [0.05, 0.1) is 6.54 Å². The van der Waals surface area contributed by atoms with Crippen LogP contribution >= 0.6 is 0 Å². The highest BCUT2D eigenvalue weighted by atomic mass is 15.1. The van der Waals surface area contributed by atoms with Gasteiger partial charge in [0.1, 0.15) is 5.82 Å². The van der Waals surface area contributed by atoms with Gasteiger partial charge in [0, 0.05) is 17.6 Å². The molecule has 2 aromatic rings. The summed E-state index contributed by atoms with van der Waals surface area (Å²) in [6.07, 6.45) is 1.86. The average molecular weight is 201 g/mol. The van der Waals surface area contributed by atoms with Crippen LogP contribution < -0.4 is 5.73 Å². The first-order valence-corrected chi connectivity index (χ1v) is 5.03. The average Bonchev–Trinajstić information content (AvgIpc) is 2.60. The first kappa shape index (κ1) is 9.93. The van der Waals surface area contributed by atoms with Crippen LogP contribution in [-0.2, 0) is 6.54 Å². The van der Waals surface area contributed by atoms with Crippen molar-refractivity contribution in [1.29, 1.82) is 0 Å². The van der Waals surface area contributed by atoms with Gasteiger partial charge in [-0.15, -0.1) is 0 Å². The number of benzene rings is 1. The van der Waals surface area contributed by atoms with Crippen LogP contribution in [0.3, 0.4) is 0 Å². The lowest BCUT2D eigenvalue weighted by atomic mass is 10.2. The van der Waals surface area contributed by atoms with E-state index in [1.54, 1.807) is 0 Å². The van der Waals surface area contributed by atoms with Gasteiger partial charge in [-0.3, -0.25) is 4.57 Å². The molecule has 0 spiro atoms. The third-order valence-corrected chi connectivity index (χ3v) is 2.55. The maximum atomic E-state index is 5.67. The number of hydrogen-bond donors (Lipinski definition) is 1. The Hall–Kier alpha value is -1.61. The summed E-state index contributed by atoms with van der Waals surface area (Å²) in [5, 5.41) is 0. The smallest absolute Gasteiger partial charge is 0.127 e. The van der Waals surface area contributed by atoms with Crippen LogP contribution in [0.1, 0.15) is 17.1 Å². The van der Waals surface area contributed by atoms with Crippen LogP contribution in [0.2, 0.25) is 0 Å². The fourth-order valence-electron chi connectivity index (χ4n) is 1.77. The fourth-order valence-corrected chi connectivity index (χ4v) is 1.77. The molecule has 3 heteroatoms. The summed E-state index contributed by atoms with van der Waals surface area (Å²) in [4.78, 5) is 4.29. The zero-order valence-corrected chi connectivity index (χ0v) is 9.07. The van der Waals surface area contributed by atoms with Crippen molar-refractivity contribution in [2.75, 3.05) is 0 Å². The van der Waals surface area contributed by atoms with Gasteiger partial charge in [0.15, 0.2) is 0 Å². The fraction of sp³-hybridized carbons (Fsp3) is 0.250. The van der Waals surface area contributed by atoms with E-state index in [1.807, 2.05) is 25.3 Å². The highest BCUT2D eigenvalue weighted by Crippen LogP contribution is 2.17. The molecule has 0 aliphatic rings. The highest BCUT2D eigenvalue weighted by Gasteiger charge is 2.08. The standard InChI is InChI=1S/C12H15N3/c1-9-5-3-4-6-11(9)15-10(2)8-14-12(15)7-13/h3-6,8H,7,13H2,1-2H3. The maximum Gasteiger partial charge on any atom is 0.127 e. The maximum absolute atomic E-state index is 5.67. The lowest BCUT2D eigenvalue weighted by Crippen LogP contribution is -2.08. The molecule has 3 nitrogen and oxygen atoms in total. The number of nitrogens with zero attached hydrogens (tertiary/aromatic N) is 2. The van der Waals surface area contributed by atoms with Crippen molar-refractivity contribution < 1.29 is 0 Å². The van der Waals surface area contributed by atoms with Gasteiger partial charge in [0.2, 0.25) is 0 Å². The van der Waals surface area contributed by atoms with Gasteiger partial charge >= 0.3 is 0 Å². The topological polar surface area (TPSA) is 43.8 Å². The van der Waals surface area contributed by atoms with Crippen LogP contribution in [0.25, 0.3) is 5.69 Å². The van der Waals surface area contributed by atoms with Gasteiger partial charge in [-0.2, -0.15) is 0 Å². The van der Waals surface area contributed by atoms with Gasteiger partial charge in [-0.1, -0.05) is 18.2 Å². The molecule has 1 aromatic heterocycles.